The van der Waals surface area contributed by atoms with Crippen LogP contribution in [0.25, 0.3) is 0 Å². The maximum Gasteiger partial charge on any atom is 0.153 e. The van der Waals surface area contributed by atoms with Crippen LogP contribution in [-0.2, 0) is 13.1 Å². The van der Waals surface area contributed by atoms with E-state index in [4.69, 9.17) is 20.8 Å². The minimum absolute atomic E-state index is 0.0835. The molecular weight excluding hydrogens is 378 g/mol. The molecule has 1 heterocycles. The number of aliphatic hydroxyl groups is 1. The molecule has 1 N–H and O–H groups in total. The number of carbonyl (C=O) groups is 1. The van der Waals surface area contributed by atoms with Crippen LogP contribution in [0.2, 0.25) is 5.02 Å². The van der Waals surface area contributed by atoms with Gasteiger partial charge in [-0.15, -0.1) is 0 Å². The lowest BCUT2D eigenvalue weighted by Gasteiger charge is -2.24. The van der Waals surface area contributed by atoms with Crippen LogP contribution < -0.4 is 4.74 Å². The van der Waals surface area contributed by atoms with Gasteiger partial charge in [-0.1, -0.05) is 35.9 Å². The third kappa shape index (κ3) is 5.96. The summed E-state index contributed by atoms with van der Waals surface area (Å²) in [4.78, 5) is 13.2. The van der Waals surface area contributed by atoms with Gasteiger partial charge in [-0.25, -0.2) is 0 Å². The van der Waals surface area contributed by atoms with Gasteiger partial charge in [-0.3, -0.25) is 9.69 Å². The van der Waals surface area contributed by atoms with Crippen LogP contribution in [0.1, 0.15) is 21.7 Å². The largest absolute Gasteiger partial charge is 0.490 e. The maximum absolute atomic E-state index is 11.1. The number of para-hydroxylation sites is 1. The minimum atomic E-state index is -0.734. The quantitative estimate of drug-likeness (QED) is 0.518. The van der Waals surface area contributed by atoms with Gasteiger partial charge < -0.3 is 14.3 Å². The fourth-order valence-electron chi connectivity index (χ4n) is 2.90. The van der Waals surface area contributed by atoms with Crippen molar-refractivity contribution in [3.05, 3.63) is 88.8 Å². The summed E-state index contributed by atoms with van der Waals surface area (Å²) in [6.45, 7) is 1.64. The van der Waals surface area contributed by atoms with E-state index < -0.39 is 6.10 Å². The number of nitrogens with zero attached hydrogens (tertiary/aromatic N) is 1. The Bertz CT molecular complexity index is 865. The van der Waals surface area contributed by atoms with Crippen LogP contribution >= 0.6 is 11.6 Å². The lowest BCUT2D eigenvalue weighted by Crippen LogP contribution is -2.35. The number of aldehydes is 1. The SMILES string of the molecule is O=Cc1ccccc1OCC(O)CN(Cc1ccc(Cl)cc1)Cc1ccco1. The van der Waals surface area contributed by atoms with Crippen molar-refractivity contribution < 1.29 is 19.1 Å². The van der Waals surface area contributed by atoms with Crippen molar-refractivity contribution in [1.29, 1.82) is 0 Å². The van der Waals surface area contributed by atoms with E-state index in [0.717, 1.165) is 17.6 Å². The van der Waals surface area contributed by atoms with Gasteiger partial charge in [-0.2, -0.15) is 0 Å². The molecule has 3 rings (SSSR count). The van der Waals surface area contributed by atoms with Crippen LogP contribution in [0.15, 0.2) is 71.3 Å². The number of carbonyl (C=O) groups excluding carboxylic acids is 1. The second-order valence-electron chi connectivity index (χ2n) is 6.50. The number of halogens is 1. The number of benzene rings is 2. The second-order valence-corrected chi connectivity index (χ2v) is 6.93. The molecule has 0 bridgehead atoms. The van der Waals surface area contributed by atoms with Crippen LogP contribution in [0, 0.1) is 0 Å². The van der Waals surface area contributed by atoms with Gasteiger partial charge in [-0.05, 0) is 42.0 Å². The van der Waals surface area contributed by atoms with Crippen molar-refractivity contribution in [3.63, 3.8) is 0 Å². The second kappa shape index (κ2) is 10.1. The molecule has 0 aliphatic heterocycles. The molecule has 5 nitrogen and oxygen atoms in total. The van der Waals surface area contributed by atoms with Crippen LogP contribution in [-0.4, -0.2) is 35.5 Å². The number of hydrogen-bond acceptors (Lipinski definition) is 5. The summed E-state index contributed by atoms with van der Waals surface area (Å²) >= 11 is 5.96. The highest BCUT2D eigenvalue weighted by Crippen LogP contribution is 2.17. The number of aliphatic hydroxyl groups excluding tert-OH is 1. The van der Waals surface area contributed by atoms with Gasteiger partial charge >= 0.3 is 0 Å². The van der Waals surface area contributed by atoms with Gasteiger partial charge in [0.1, 0.15) is 24.2 Å². The summed E-state index contributed by atoms with van der Waals surface area (Å²) in [7, 11) is 0. The first-order valence-corrected chi connectivity index (χ1v) is 9.36. The highest BCUT2D eigenvalue weighted by atomic mass is 35.5. The van der Waals surface area contributed by atoms with E-state index in [1.54, 1.807) is 30.5 Å². The van der Waals surface area contributed by atoms with Crippen molar-refractivity contribution in [2.45, 2.75) is 19.2 Å². The van der Waals surface area contributed by atoms with E-state index in [9.17, 15) is 9.90 Å². The normalized spacial score (nSPS) is 12.1. The van der Waals surface area contributed by atoms with Crippen LogP contribution in [0.5, 0.6) is 5.75 Å². The molecule has 1 aromatic heterocycles. The molecular formula is C22H22ClNO4. The maximum atomic E-state index is 11.1. The van der Waals surface area contributed by atoms with E-state index >= 15 is 0 Å². The smallest absolute Gasteiger partial charge is 0.153 e. The molecule has 1 unspecified atom stereocenters. The molecule has 0 amide bonds. The van der Waals surface area contributed by atoms with Crippen molar-refractivity contribution >= 4 is 17.9 Å². The number of rotatable bonds is 10. The first kappa shape index (κ1) is 20.1. The lowest BCUT2D eigenvalue weighted by atomic mass is 10.2. The van der Waals surface area contributed by atoms with Gasteiger partial charge in [0.05, 0.1) is 18.4 Å². The Balaban J connectivity index is 1.62. The number of ether oxygens (including phenoxy) is 1. The van der Waals surface area contributed by atoms with Gasteiger partial charge in [0.2, 0.25) is 0 Å². The van der Waals surface area contributed by atoms with Crippen LogP contribution in [0.4, 0.5) is 0 Å². The molecule has 2 aromatic carbocycles. The summed E-state index contributed by atoms with van der Waals surface area (Å²) in [6.07, 6.45) is 1.64. The first-order valence-electron chi connectivity index (χ1n) is 8.98. The molecule has 6 heteroatoms. The lowest BCUT2D eigenvalue weighted by molar-refractivity contribution is 0.0601. The molecule has 0 aliphatic carbocycles. The summed E-state index contributed by atoms with van der Waals surface area (Å²) in [6, 6.07) is 18.3. The molecule has 0 saturated heterocycles. The van der Waals surface area contributed by atoms with Gasteiger partial charge in [0.25, 0.3) is 0 Å². The fraction of sp³-hybridized carbons (Fsp3) is 0.227. The third-order valence-corrected chi connectivity index (χ3v) is 4.48. The Kier molecular flexibility index (Phi) is 7.25. The molecule has 1 atom stereocenters. The van der Waals surface area contributed by atoms with Crippen molar-refractivity contribution in [2.24, 2.45) is 0 Å². The standard InChI is InChI=1S/C22H22ClNO4/c23-19-9-7-17(8-10-19)12-24(14-21-5-3-11-27-21)13-20(26)16-28-22-6-2-1-4-18(22)15-25/h1-11,15,20,26H,12-14,16H2. The molecule has 0 aliphatic rings. The molecule has 0 spiro atoms. The topological polar surface area (TPSA) is 62.9 Å². The first-order chi connectivity index (χ1) is 13.6. The average Bonchev–Trinajstić information content (AvgIpc) is 3.21. The van der Waals surface area contributed by atoms with E-state index in [2.05, 4.69) is 4.90 Å². The zero-order valence-electron chi connectivity index (χ0n) is 15.3. The predicted molar refractivity (Wildman–Crippen MR) is 108 cm³/mol. The van der Waals surface area contributed by atoms with Crippen molar-refractivity contribution in [2.75, 3.05) is 13.2 Å². The molecule has 0 fully saturated rings. The summed E-state index contributed by atoms with van der Waals surface area (Å²) in [5, 5.41) is 11.2. The predicted octanol–water partition coefficient (Wildman–Crippen LogP) is 4.19. The fourth-order valence-corrected chi connectivity index (χ4v) is 3.03. The third-order valence-electron chi connectivity index (χ3n) is 4.23. The Morgan fingerprint density at radius 3 is 2.57 bits per heavy atom. The monoisotopic (exact) mass is 399 g/mol. The van der Waals surface area contributed by atoms with E-state index in [1.165, 1.54) is 0 Å². The van der Waals surface area contributed by atoms with Gasteiger partial charge in [0.15, 0.2) is 6.29 Å². The number of hydrogen-bond donors (Lipinski definition) is 1. The zero-order valence-corrected chi connectivity index (χ0v) is 16.1. The number of furan rings is 1. The van der Waals surface area contributed by atoms with Crippen molar-refractivity contribution in [1.82, 2.24) is 4.90 Å². The van der Waals surface area contributed by atoms with Gasteiger partial charge in [0, 0.05) is 18.1 Å². The Labute approximate surface area is 169 Å². The Morgan fingerprint density at radius 1 is 1.07 bits per heavy atom. The molecule has 0 radical (unpaired) electrons. The highest BCUT2D eigenvalue weighted by molar-refractivity contribution is 6.30. The summed E-state index contributed by atoms with van der Waals surface area (Å²) < 4.78 is 11.1. The van der Waals surface area contributed by atoms with Crippen molar-refractivity contribution in [3.8, 4) is 5.75 Å². The Hall–Kier alpha value is -2.60. The Morgan fingerprint density at radius 2 is 1.86 bits per heavy atom. The molecule has 0 saturated carbocycles. The minimum Gasteiger partial charge on any atom is -0.490 e. The summed E-state index contributed by atoms with van der Waals surface area (Å²) in [5.74, 6) is 1.28. The van der Waals surface area contributed by atoms with Crippen LogP contribution in [0.3, 0.4) is 0 Å². The zero-order chi connectivity index (χ0) is 19.8. The molecule has 146 valence electrons. The van der Waals surface area contributed by atoms with E-state index in [-0.39, 0.29) is 6.61 Å². The highest BCUT2D eigenvalue weighted by Gasteiger charge is 2.15. The average molecular weight is 400 g/mol. The van der Waals surface area contributed by atoms with E-state index in [0.29, 0.717) is 36.0 Å². The molecule has 3 aromatic rings. The summed E-state index contributed by atoms with van der Waals surface area (Å²) in [5.41, 5.74) is 1.54. The van der Waals surface area contributed by atoms with E-state index in [1.807, 2.05) is 36.4 Å². The molecule has 28 heavy (non-hydrogen) atoms.